The van der Waals surface area contributed by atoms with Crippen molar-refractivity contribution in [3.05, 3.63) is 206 Å². The lowest BCUT2D eigenvalue weighted by molar-refractivity contribution is 1.28. The Kier molecular flexibility index (Phi) is 8.98. The fourth-order valence-corrected chi connectivity index (χ4v) is 7.90. The average molecular weight is 667 g/mol. The predicted molar refractivity (Wildman–Crippen MR) is 227 cm³/mol. The Bertz CT molecular complexity index is 2220. The second-order valence-corrected chi connectivity index (χ2v) is 13.8. The van der Waals surface area contributed by atoms with E-state index in [1.807, 2.05) is 24.3 Å². The Labute approximate surface area is 307 Å². The Morgan fingerprint density at radius 3 is 0.692 bits per heavy atom. The maximum Gasteiger partial charge on any atom is -0.00139 e. The molecule has 0 atom stereocenters. The van der Waals surface area contributed by atoms with Gasteiger partial charge in [0.2, 0.25) is 0 Å². The van der Waals surface area contributed by atoms with Crippen LogP contribution in [0.25, 0.3) is 76.8 Å². The third kappa shape index (κ3) is 5.97. The van der Waals surface area contributed by atoms with Crippen molar-refractivity contribution in [3.8, 4) is 44.5 Å². The zero-order chi connectivity index (χ0) is 35.6. The molecule has 0 aromatic heterocycles. The Hall–Kier alpha value is -6.24. The van der Waals surface area contributed by atoms with Crippen molar-refractivity contribution in [2.24, 2.45) is 0 Å². The second-order valence-electron chi connectivity index (χ2n) is 13.8. The van der Waals surface area contributed by atoms with Gasteiger partial charge in [0, 0.05) is 0 Å². The number of allylic oxidation sites excluding steroid dienone is 4. The van der Waals surface area contributed by atoms with Gasteiger partial charge in [0.05, 0.1) is 0 Å². The van der Waals surface area contributed by atoms with E-state index < -0.39 is 0 Å². The van der Waals surface area contributed by atoms with E-state index in [1.54, 1.807) is 0 Å². The lowest BCUT2D eigenvalue weighted by Gasteiger charge is -2.22. The molecule has 0 N–H and O–H groups in total. The summed E-state index contributed by atoms with van der Waals surface area (Å²) < 4.78 is 0. The van der Waals surface area contributed by atoms with E-state index in [4.69, 9.17) is 0 Å². The van der Waals surface area contributed by atoms with Crippen molar-refractivity contribution in [3.63, 3.8) is 0 Å². The van der Waals surface area contributed by atoms with Crippen LogP contribution in [0.5, 0.6) is 0 Å². The van der Waals surface area contributed by atoms with Gasteiger partial charge in [-0.05, 0) is 137 Å². The zero-order valence-corrected chi connectivity index (χ0v) is 29.7. The molecule has 0 fully saturated rings. The molecule has 0 spiro atoms. The molecule has 0 aliphatic carbocycles. The van der Waals surface area contributed by atoms with Gasteiger partial charge in [0.1, 0.15) is 0 Å². The molecule has 8 rings (SSSR count). The number of hydrogen-bond acceptors (Lipinski definition) is 0. The molecule has 0 heterocycles. The maximum absolute atomic E-state index is 3.96. The topological polar surface area (TPSA) is 0 Å². The standard InChI is InChI=1S/C52H42/c1-5-9-35-13-21-39(22-14-35)47-33-48(40-23-15-36(10-6-2)16-24-40)44-31-32-46-50(42-27-19-38(12-8-4)20-28-42)34-49(41-25-17-37(11-7-3)18-26-41)45-30-29-43(47)51(44)52(45)46/h5-8,13-34H,1-4,9-12H2. The molecule has 8 aromatic carbocycles. The second kappa shape index (κ2) is 14.2. The van der Waals surface area contributed by atoms with Gasteiger partial charge < -0.3 is 0 Å². The normalized spacial score (nSPS) is 11.3. The monoisotopic (exact) mass is 666 g/mol. The summed E-state index contributed by atoms with van der Waals surface area (Å²) in [5.41, 5.74) is 14.9. The fraction of sp³-hybridized carbons (Fsp3) is 0.0769. The molecule has 0 bridgehead atoms. The van der Waals surface area contributed by atoms with E-state index in [9.17, 15) is 0 Å². The van der Waals surface area contributed by atoms with E-state index in [-0.39, 0.29) is 0 Å². The molecule has 52 heavy (non-hydrogen) atoms. The molecule has 0 heteroatoms. The third-order valence-corrected chi connectivity index (χ3v) is 10.5. The molecule has 0 unspecified atom stereocenters. The summed E-state index contributed by atoms with van der Waals surface area (Å²) in [4.78, 5) is 0. The highest BCUT2D eigenvalue weighted by Crippen LogP contribution is 2.48. The van der Waals surface area contributed by atoms with Gasteiger partial charge in [-0.1, -0.05) is 146 Å². The molecule has 0 aliphatic rings. The Balaban J connectivity index is 1.47. The van der Waals surface area contributed by atoms with E-state index in [1.165, 1.54) is 99.1 Å². The summed E-state index contributed by atoms with van der Waals surface area (Å²) in [5.74, 6) is 0. The predicted octanol–water partition coefficient (Wildman–Crippen LogP) is 14.2. The van der Waals surface area contributed by atoms with Gasteiger partial charge in [-0.3, -0.25) is 0 Å². The molecule has 0 radical (unpaired) electrons. The van der Waals surface area contributed by atoms with Gasteiger partial charge in [0.25, 0.3) is 0 Å². The molecule has 8 aromatic rings. The minimum atomic E-state index is 0.857. The van der Waals surface area contributed by atoms with Gasteiger partial charge >= 0.3 is 0 Å². The van der Waals surface area contributed by atoms with Crippen LogP contribution < -0.4 is 0 Å². The molecule has 250 valence electrons. The Morgan fingerprint density at radius 1 is 0.288 bits per heavy atom. The van der Waals surface area contributed by atoms with Gasteiger partial charge in [-0.2, -0.15) is 0 Å². The summed E-state index contributed by atoms with van der Waals surface area (Å²) in [6, 6.07) is 50.3. The number of hydrogen-bond donors (Lipinski definition) is 0. The molecular weight excluding hydrogens is 625 g/mol. The summed E-state index contributed by atoms with van der Waals surface area (Å²) in [6.45, 7) is 15.8. The fourth-order valence-electron chi connectivity index (χ4n) is 7.90. The smallest absolute Gasteiger partial charge is 0.00139 e. The summed E-state index contributed by atoms with van der Waals surface area (Å²) >= 11 is 0. The van der Waals surface area contributed by atoms with Crippen LogP contribution in [-0.2, 0) is 25.7 Å². The molecule has 0 amide bonds. The molecule has 0 saturated heterocycles. The molecular formula is C52H42. The maximum atomic E-state index is 3.96. The highest BCUT2D eigenvalue weighted by atomic mass is 14.2. The van der Waals surface area contributed by atoms with Crippen LogP contribution >= 0.6 is 0 Å². The van der Waals surface area contributed by atoms with E-state index in [0.717, 1.165) is 25.7 Å². The van der Waals surface area contributed by atoms with Crippen LogP contribution in [0.3, 0.4) is 0 Å². The molecule has 0 nitrogen and oxygen atoms in total. The van der Waals surface area contributed by atoms with Crippen LogP contribution in [0.4, 0.5) is 0 Å². The van der Waals surface area contributed by atoms with Crippen molar-refractivity contribution in [1.29, 1.82) is 0 Å². The van der Waals surface area contributed by atoms with Crippen molar-refractivity contribution in [2.75, 3.05) is 0 Å². The number of rotatable bonds is 12. The minimum absolute atomic E-state index is 0.857. The molecule has 0 saturated carbocycles. The van der Waals surface area contributed by atoms with Crippen LogP contribution in [0.15, 0.2) is 184 Å². The van der Waals surface area contributed by atoms with Crippen molar-refractivity contribution in [2.45, 2.75) is 25.7 Å². The van der Waals surface area contributed by atoms with Crippen LogP contribution in [0.1, 0.15) is 22.3 Å². The Morgan fingerprint density at radius 2 is 0.500 bits per heavy atom. The quantitative estimate of drug-likeness (QED) is 0.0899. The van der Waals surface area contributed by atoms with Gasteiger partial charge in [-0.25, -0.2) is 0 Å². The summed E-state index contributed by atoms with van der Waals surface area (Å²) in [5, 5.41) is 7.68. The van der Waals surface area contributed by atoms with E-state index in [0.29, 0.717) is 0 Å². The van der Waals surface area contributed by atoms with Gasteiger partial charge in [0.15, 0.2) is 0 Å². The van der Waals surface area contributed by atoms with Crippen molar-refractivity contribution < 1.29 is 0 Å². The first-order valence-electron chi connectivity index (χ1n) is 18.2. The first-order chi connectivity index (χ1) is 25.6. The first kappa shape index (κ1) is 32.9. The highest BCUT2D eigenvalue weighted by Gasteiger charge is 2.21. The number of benzene rings is 8. The van der Waals surface area contributed by atoms with Crippen LogP contribution in [0, 0.1) is 0 Å². The van der Waals surface area contributed by atoms with Crippen LogP contribution in [0.2, 0.25) is 0 Å². The SMILES string of the molecule is C=CCc1ccc(-c2cc(-c3ccc(CC=C)cc3)c3ccc4c(-c5ccc(CC=C)cc5)cc(-c5ccc(CC=C)cc5)c5ccc2c3c54)cc1. The van der Waals surface area contributed by atoms with Crippen molar-refractivity contribution in [1.82, 2.24) is 0 Å². The lowest BCUT2D eigenvalue weighted by Crippen LogP contribution is -1.95. The molecule has 0 aliphatic heterocycles. The van der Waals surface area contributed by atoms with Gasteiger partial charge in [-0.15, -0.1) is 26.3 Å². The lowest BCUT2D eigenvalue weighted by atomic mass is 9.81. The minimum Gasteiger partial charge on any atom is -0.103 e. The van der Waals surface area contributed by atoms with E-state index in [2.05, 4.69) is 160 Å². The van der Waals surface area contributed by atoms with Crippen LogP contribution in [-0.4, -0.2) is 0 Å². The van der Waals surface area contributed by atoms with Crippen molar-refractivity contribution >= 4 is 32.3 Å². The zero-order valence-electron chi connectivity index (χ0n) is 29.7. The third-order valence-electron chi connectivity index (χ3n) is 10.5. The van der Waals surface area contributed by atoms with E-state index >= 15 is 0 Å². The average Bonchev–Trinajstić information content (AvgIpc) is 3.18. The summed E-state index contributed by atoms with van der Waals surface area (Å²) in [7, 11) is 0. The highest BCUT2D eigenvalue weighted by molar-refractivity contribution is 6.31. The summed E-state index contributed by atoms with van der Waals surface area (Å²) in [6.07, 6.45) is 11.3. The largest absolute Gasteiger partial charge is 0.103 e. The first-order valence-corrected chi connectivity index (χ1v) is 18.2.